The second-order valence-electron chi connectivity index (χ2n) is 6.39. The van der Waals surface area contributed by atoms with Crippen LogP contribution in [0.25, 0.3) is 0 Å². The highest BCUT2D eigenvalue weighted by molar-refractivity contribution is 6.31. The number of nitrogens with zero attached hydrogens (tertiary/aromatic N) is 1. The number of halogens is 1. The van der Waals surface area contributed by atoms with Crippen molar-refractivity contribution in [1.82, 2.24) is 10.2 Å². The van der Waals surface area contributed by atoms with Crippen molar-refractivity contribution in [3.63, 3.8) is 0 Å². The number of rotatable bonds is 5. The van der Waals surface area contributed by atoms with Gasteiger partial charge in [0.25, 0.3) is 0 Å². The first-order chi connectivity index (χ1) is 11.6. The maximum Gasteiger partial charge on any atom is 0.234 e. The van der Waals surface area contributed by atoms with Crippen LogP contribution in [0.4, 0.5) is 0 Å². The van der Waals surface area contributed by atoms with Crippen LogP contribution in [0.1, 0.15) is 35.6 Å². The fourth-order valence-electron chi connectivity index (χ4n) is 3.41. The molecule has 3 nitrogen and oxygen atoms in total. The Morgan fingerprint density at radius 1 is 1.21 bits per heavy atom. The number of carbonyl (C=O) groups excluding carboxylic acids is 1. The molecule has 0 aromatic heterocycles. The average molecular weight is 343 g/mol. The number of benzene rings is 2. The molecule has 1 amide bonds. The first-order valence-corrected chi connectivity index (χ1v) is 8.81. The first kappa shape index (κ1) is 17.0. The zero-order valence-electron chi connectivity index (χ0n) is 14.0. The van der Waals surface area contributed by atoms with E-state index in [0.717, 1.165) is 18.4 Å². The highest BCUT2D eigenvalue weighted by atomic mass is 35.5. The number of nitrogens with one attached hydrogen (secondary N) is 1. The van der Waals surface area contributed by atoms with Crippen LogP contribution < -0.4 is 5.32 Å². The van der Waals surface area contributed by atoms with Gasteiger partial charge in [-0.25, -0.2) is 0 Å². The molecule has 2 aromatic rings. The Morgan fingerprint density at radius 2 is 1.96 bits per heavy atom. The molecule has 0 bridgehead atoms. The van der Waals surface area contributed by atoms with Gasteiger partial charge < -0.3 is 5.32 Å². The summed E-state index contributed by atoms with van der Waals surface area (Å²) in [6.45, 7) is 0.858. The molecule has 1 atom stereocenters. The van der Waals surface area contributed by atoms with Crippen LogP contribution in [-0.4, -0.2) is 24.4 Å². The van der Waals surface area contributed by atoms with Crippen LogP contribution in [0.2, 0.25) is 5.02 Å². The number of aryl methyl sites for hydroxylation is 1. The first-order valence-electron chi connectivity index (χ1n) is 8.43. The minimum atomic E-state index is 0.0282. The molecule has 0 radical (unpaired) electrons. The normalized spacial score (nSPS) is 16.7. The van der Waals surface area contributed by atoms with E-state index in [0.29, 0.717) is 24.2 Å². The maximum atomic E-state index is 12.3. The molecule has 1 N–H and O–H groups in total. The maximum absolute atomic E-state index is 12.3. The van der Waals surface area contributed by atoms with Crippen molar-refractivity contribution in [2.24, 2.45) is 0 Å². The van der Waals surface area contributed by atoms with E-state index < -0.39 is 0 Å². The molecule has 1 aliphatic rings. The highest BCUT2D eigenvalue weighted by Crippen LogP contribution is 2.33. The van der Waals surface area contributed by atoms with E-state index in [-0.39, 0.29) is 5.91 Å². The van der Waals surface area contributed by atoms with Gasteiger partial charge in [-0.2, -0.15) is 0 Å². The number of amides is 1. The summed E-state index contributed by atoms with van der Waals surface area (Å²) < 4.78 is 0. The van der Waals surface area contributed by atoms with E-state index in [9.17, 15) is 4.79 Å². The van der Waals surface area contributed by atoms with Crippen molar-refractivity contribution in [1.29, 1.82) is 0 Å². The van der Waals surface area contributed by atoms with Crippen molar-refractivity contribution in [3.05, 3.63) is 70.2 Å². The van der Waals surface area contributed by atoms with E-state index >= 15 is 0 Å². The number of carbonyl (C=O) groups is 1. The third-order valence-corrected chi connectivity index (χ3v) is 5.07. The fourth-order valence-corrected chi connectivity index (χ4v) is 3.62. The Bertz CT molecular complexity index is 716. The van der Waals surface area contributed by atoms with Gasteiger partial charge in [-0.1, -0.05) is 54.1 Å². The van der Waals surface area contributed by atoms with Gasteiger partial charge in [-0.3, -0.25) is 9.69 Å². The summed E-state index contributed by atoms with van der Waals surface area (Å²) in [5, 5.41) is 3.66. The molecule has 126 valence electrons. The zero-order valence-corrected chi connectivity index (χ0v) is 14.7. The molecular formula is C20H23ClN2O. The Kier molecular flexibility index (Phi) is 5.54. The van der Waals surface area contributed by atoms with Gasteiger partial charge in [0.2, 0.25) is 5.91 Å². The molecule has 4 heteroatoms. The third kappa shape index (κ3) is 3.97. The monoisotopic (exact) mass is 342 g/mol. The fraction of sp³-hybridized carbons (Fsp3) is 0.350. The van der Waals surface area contributed by atoms with Gasteiger partial charge in [-0.15, -0.1) is 0 Å². The second kappa shape index (κ2) is 7.82. The van der Waals surface area contributed by atoms with Crippen molar-refractivity contribution in [2.75, 3.05) is 13.6 Å². The lowest BCUT2D eigenvalue weighted by molar-refractivity contribution is -0.122. The van der Waals surface area contributed by atoms with Crippen LogP contribution >= 0.6 is 11.6 Å². The smallest absolute Gasteiger partial charge is 0.234 e. The molecule has 24 heavy (non-hydrogen) atoms. The summed E-state index contributed by atoms with van der Waals surface area (Å²) in [5.74, 6) is 0.0282. The number of hydrogen-bond donors (Lipinski definition) is 1. The van der Waals surface area contributed by atoms with E-state index in [4.69, 9.17) is 11.6 Å². The standard InChI is InChI=1S/C20H23ClN2O/c1-23(19-12-6-9-15-7-2-4-10-17(15)19)14-20(24)22-13-16-8-3-5-11-18(16)21/h2-5,7-8,10-11,19H,6,9,12-14H2,1H3,(H,22,24)/t19-/m0/s1. The van der Waals surface area contributed by atoms with Crippen molar-refractivity contribution < 1.29 is 4.79 Å². The zero-order chi connectivity index (χ0) is 16.9. The van der Waals surface area contributed by atoms with E-state index in [1.807, 2.05) is 31.3 Å². The Labute approximate surface area is 148 Å². The summed E-state index contributed by atoms with van der Waals surface area (Å²) in [6, 6.07) is 16.5. The second-order valence-corrected chi connectivity index (χ2v) is 6.80. The molecule has 1 aliphatic carbocycles. The van der Waals surface area contributed by atoms with Crippen LogP contribution in [0, 0.1) is 0 Å². The quantitative estimate of drug-likeness (QED) is 0.891. The molecule has 0 saturated carbocycles. The number of hydrogen-bond acceptors (Lipinski definition) is 2. The SMILES string of the molecule is CN(CC(=O)NCc1ccccc1Cl)[C@H]1CCCc2ccccc21. The van der Waals surface area contributed by atoms with E-state index in [1.54, 1.807) is 0 Å². The lowest BCUT2D eigenvalue weighted by Gasteiger charge is -2.32. The van der Waals surface area contributed by atoms with Gasteiger partial charge in [0.1, 0.15) is 0 Å². The van der Waals surface area contributed by atoms with Crippen LogP contribution in [-0.2, 0) is 17.8 Å². The lowest BCUT2D eigenvalue weighted by atomic mass is 9.87. The van der Waals surface area contributed by atoms with Crippen molar-refractivity contribution >= 4 is 17.5 Å². The van der Waals surface area contributed by atoms with Crippen LogP contribution in [0.15, 0.2) is 48.5 Å². The van der Waals surface area contributed by atoms with Crippen molar-refractivity contribution in [3.8, 4) is 0 Å². The minimum absolute atomic E-state index is 0.0282. The minimum Gasteiger partial charge on any atom is -0.351 e. The summed E-state index contributed by atoms with van der Waals surface area (Å²) >= 11 is 6.13. The largest absolute Gasteiger partial charge is 0.351 e. The Morgan fingerprint density at radius 3 is 2.79 bits per heavy atom. The molecule has 0 heterocycles. The van der Waals surface area contributed by atoms with Crippen molar-refractivity contribution in [2.45, 2.75) is 31.8 Å². The molecule has 3 rings (SSSR count). The summed E-state index contributed by atoms with van der Waals surface area (Å²) in [5.41, 5.74) is 3.72. The summed E-state index contributed by atoms with van der Waals surface area (Å²) in [6.07, 6.45) is 3.41. The number of fused-ring (bicyclic) bond motifs is 1. The van der Waals surface area contributed by atoms with E-state index in [1.165, 1.54) is 17.5 Å². The molecule has 0 fully saturated rings. The molecule has 2 aromatic carbocycles. The molecule has 0 unspecified atom stereocenters. The van der Waals surface area contributed by atoms with Gasteiger partial charge >= 0.3 is 0 Å². The topological polar surface area (TPSA) is 32.3 Å². The molecule has 0 aliphatic heterocycles. The predicted octanol–water partition coefficient (Wildman–Crippen LogP) is 3.97. The molecular weight excluding hydrogens is 320 g/mol. The average Bonchev–Trinajstić information content (AvgIpc) is 2.60. The highest BCUT2D eigenvalue weighted by Gasteiger charge is 2.24. The third-order valence-electron chi connectivity index (χ3n) is 4.70. The van der Waals surface area contributed by atoms with Gasteiger partial charge in [0, 0.05) is 17.6 Å². The Balaban J connectivity index is 1.58. The van der Waals surface area contributed by atoms with Crippen LogP contribution in [0.3, 0.4) is 0 Å². The lowest BCUT2D eigenvalue weighted by Crippen LogP contribution is -2.37. The van der Waals surface area contributed by atoms with E-state index in [2.05, 4.69) is 34.5 Å². The molecule has 0 spiro atoms. The molecule has 0 saturated heterocycles. The Hall–Kier alpha value is -1.84. The van der Waals surface area contributed by atoms with Gasteiger partial charge in [0.05, 0.1) is 6.54 Å². The summed E-state index contributed by atoms with van der Waals surface area (Å²) in [7, 11) is 2.03. The predicted molar refractivity (Wildman–Crippen MR) is 98.0 cm³/mol. The summed E-state index contributed by atoms with van der Waals surface area (Å²) in [4.78, 5) is 14.4. The van der Waals surface area contributed by atoms with Crippen LogP contribution in [0.5, 0.6) is 0 Å². The number of likely N-dealkylation sites (N-methyl/N-ethyl adjacent to an activating group) is 1. The van der Waals surface area contributed by atoms with Gasteiger partial charge in [-0.05, 0) is 49.1 Å². The van der Waals surface area contributed by atoms with Gasteiger partial charge in [0.15, 0.2) is 0 Å².